The van der Waals surface area contributed by atoms with Crippen molar-refractivity contribution in [2.24, 2.45) is 0 Å². The summed E-state index contributed by atoms with van der Waals surface area (Å²) in [7, 11) is 0. The molecule has 1 saturated heterocycles. The molecule has 0 saturated carbocycles. The molecule has 0 spiro atoms. The number of carbonyl (C=O) groups is 1. The van der Waals surface area contributed by atoms with Gasteiger partial charge in [0.15, 0.2) is 0 Å². The summed E-state index contributed by atoms with van der Waals surface area (Å²) in [5, 5.41) is 0. The fraction of sp³-hybridized carbons (Fsp3) is 0.545. The van der Waals surface area contributed by atoms with Crippen LogP contribution in [-0.4, -0.2) is 33.7 Å². The Morgan fingerprint density at radius 2 is 1.87 bits per heavy atom. The van der Waals surface area contributed by atoms with Crippen molar-refractivity contribution in [1.82, 2.24) is 14.9 Å². The van der Waals surface area contributed by atoms with Crippen molar-refractivity contribution in [1.29, 1.82) is 0 Å². The molecular formula is C11H15N3O. The Labute approximate surface area is 89.3 Å². The molecule has 0 amide bonds. The Bertz CT molecular complexity index is 329. The zero-order valence-electron chi connectivity index (χ0n) is 8.89. The number of piperidine rings is 1. The first-order chi connectivity index (χ1) is 7.27. The molecule has 0 N–H and O–H groups in total. The van der Waals surface area contributed by atoms with Gasteiger partial charge < -0.3 is 0 Å². The molecule has 1 fully saturated rings. The van der Waals surface area contributed by atoms with Crippen LogP contribution in [0, 0.1) is 0 Å². The maximum Gasteiger partial charge on any atom is 0.135 e. The van der Waals surface area contributed by atoms with Gasteiger partial charge in [0.2, 0.25) is 0 Å². The number of Topliss-reactive ketones (excluding diaryl/α,β-unsaturated/α-hetero) is 1. The highest BCUT2D eigenvalue weighted by atomic mass is 16.1. The predicted molar refractivity (Wildman–Crippen MR) is 56.3 cm³/mol. The molecule has 1 aromatic rings. The summed E-state index contributed by atoms with van der Waals surface area (Å²) in [6, 6.07) is 0.305. The van der Waals surface area contributed by atoms with Crippen LogP contribution in [-0.2, 0) is 4.79 Å². The van der Waals surface area contributed by atoms with Crippen molar-refractivity contribution in [3.05, 3.63) is 24.3 Å². The van der Waals surface area contributed by atoms with Crippen LogP contribution in [0.2, 0.25) is 0 Å². The molecule has 0 aliphatic carbocycles. The summed E-state index contributed by atoms with van der Waals surface area (Å²) >= 11 is 0. The summed E-state index contributed by atoms with van der Waals surface area (Å²) < 4.78 is 0. The maximum absolute atomic E-state index is 11.1. The molecule has 1 aliphatic heterocycles. The van der Waals surface area contributed by atoms with E-state index in [4.69, 9.17) is 0 Å². The van der Waals surface area contributed by atoms with Crippen molar-refractivity contribution < 1.29 is 4.79 Å². The molecule has 4 nitrogen and oxygen atoms in total. The number of likely N-dealkylation sites (tertiary alicyclic amines) is 1. The Kier molecular flexibility index (Phi) is 3.06. The SMILES string of the molecule is CC(c1cncnc1)N1CCC(=O)CC1. The molecule has 0 aromatic carbocycles. The van der Waals surface area contributed by atoms with Crippen molar-refractivity contribution >= 4 is 5.78 Å². The minimum Gasteiger partial charge on any atom is -0.300 e. The van der Waals surface area contributed by atoms with E-state index < -0.39 is 0 Å². The summed E-state index contributed by atoms with van der Waals surface area (Å²) in [5.41, 5.74) is 1.12. The lowest BCUT2D eigenvalue weighted by Gasteiger charge is -2.31. The molecule has 1 aromatic heterocycles. The third-order valence-corrected chi connectivity index (χ3v) is 2.97. The van der Waals surface area contributed by atoms with E-state index in [0.29, 0.717) is 24.7 Å². The molecule has 0 bridgehead atoms. The van der Waals surface area contributed by atoms with E-state index in [0.717, 1.165) is 18.7 Å². The number of hydrogen-bond acceptors (Lipinski definition) is 4. The Morgan fingerprint density at radius 1 is 1.27 bits per heavy atom. The molecule has 1 aliphatic rings. The van der Waals surface area contributed by atoms with Crippen LogP contribution in [0.15, 0.2) is 18.7 Å². The first-order valence-corrected chi connectivity index (χ1v) is 5.28. The molecule has 2 heterocycles. The summed E-state index contributed by atoms with van der Waals surface area (Å²) in [4.78, 5) is 21.4. The van der Waals surface area contributed by atoms with E-state index in [1.54, 1.807) is 0 Å². The summed E-state index contributed by atoms with van der Waals surface area (Å²) in [5.74, 6) is 0.378. The zero-order valence-corrected chi connectivity index (χ0v) is 8.89. The lowest BCUT2D eigenvalue weighted by atomic mass is 10.0. The van der Waals surface area contributed by atoms with Crippen LogP contribution in [0.4, 0.5) is 0 Å². The molecule has 15 heavy (non-hydrogen) atoms. The van der Waals surface area contributed by atoms with Gasteiger partial charge in [-0.25, -0.2) is 9.97 Å². The van der Waals surface area contributed by atoms with E-state index in [2.05, 4.69) is 21.8 Å². The smallest absolute Gasteiger partial charge is 0.135 e. The maximum atomic E-state index is 11.1. The summed E-state index contributed by atoms with van der Waals surface area (Å²) in [6.07, 6.45) is 6.58. The second kappa shape index (κ2) is 4.49. The van der Waals surface area contributed by atoms with Crippen LogP contribution in [0.1, 0.15) is 31.4 Å². The monoisotopic (exact) mass is 205 g/mol. The van der Waals surface area contributed by atoms with Gasteiger partial charge in [-0.15, -0.1) is 0 Å². The van der Waals surface area contributed by atoms with Gasteiger partial charge in [-0.3, -0.25) is 9.69 Å². The average molecular weight is 205 g/mol. The first kappa shape index (κ1) is 10.2. The molecule has 1 atom stereocenters. The number of rotatable bonds is 2. The van der Waals surface area contributed by atoms with Gasteiger partial charge in [0.1, 0.15) is 12.1 Å². The molecule has 1 unspecified atom stereocenters. The topological polar surface area (TPSA) is 46.1 Å². The molecule has 0 radical (unpaired) electrons. The second-order valence-corrected chi connectivity index (χ2v) is 3.92. The molecule has 2 rings (SSSR count). The standard InChI is InChI=1S/C11H15N3O/c1-9(10-6-12-8-13-7-10)14-4-2-11(15)3-5-14/h6-9H,2-5H2,1H3. The first-order valence-electron chi connectivity index (χ1n) is 5.28. The fourth-order valence-electron chi connectivity index (χ4n) is 1.90. The van der Waals surface area contributed by atoms with Crippen LogP contribution in [0.5, 0.6) is 0 Å². The highest BCUT2D eigenvalue weighted by Crippen LogP contribution is 2.21. The Balaban J connectivity index is 2.02. The zero-order chi connectivity index (χ0) is 10.7. The number of nitrogens with zero attached hydrogens (tertiary/aromatic N) is 3. The van der Waals surface area contributed by atoms with Gasteiger partial charge in [-0.2, -0.15) is 0 Å². The molecule has 4 heteroatoms. The van der Waals surface area contributed by atoms with Gasteiger partial charge in [0, 0.05) is 49.9 Å². The van der Waals surface area contributed by atoms with Crippen molar-refractivity contribution in [3.8, 4) is 0 Å². The van der Waals surface area contributed by atoms with Gasteiger partial charge >= 0.3 is 0 Å². The van der Waals surface area contributed by atoms with Crippen molar-refractivity contribution in [2.75, 3.05) is 13.1 Å². The van der Waals surface area contributed by atoms with Crippen LogP contribution in [0.25, 0.3) is 0 Å². The highest BCUT2D eigenvalue weighted by Gasteiger charge is 2.21. The third kappa shape index (κ3) is 2.39. The lowest BCUT2D eigenvalue weighted by molar-refractivity contribution is -0.121. The van der Waals surface area contributed by atoms with Crippen LogP contribution >= 0.6 is 0 Å². The van der Waals surface area contributed by atoms with E-state index in [-0.39, 0.29) is 0 Å². The lowest BCUT2D eigenvalue weighted by Crippen LogP contribution is -2.35. The molecular weight excluding hydrogens is 190 g/mol. The largest absolute Gasteiger partial charge is 0.300 e. The van der Waals surface area contributed by atoms with Crippen molar-refractivity contribution in [2.45, 2.75) is 25.8 Å². The number of hydrogen-bond donors (Lipinski definition) is 0. The Morgan fingerprint density at radius 3 is 2.47 bits per heavy atom. The van der Waals surface area contributed by atoms with E-state index >= 15 is 0 Å². The van der Waals surface area contributed by atoms with Gasteiger partial charge in [-0.1, -0.05) is 0 Å². The van der Waals surface area contributed by atoms with E-state index in [1.165, 1.54) is 6.33 Å². The minimum absolute atomic E-state index is 0.305. The minimum atomic E-state index is 0.305. The third-order valence-electron chi connectivity index (χ3n) is 2.97. The fourth-order valence-corrected chi connectivity index (χ4v) is 1.90. The van der Waals surface area contributed by atoms with Gasteiger partial charge in [-0.05, 0) is 6.92 Å². The van der Waals surface area contributed by atoms with E-state index in [1.807, 2.05) is 12.4 Å². The van der Waals surface area contributed by atoms with E-state index in [9.17, 15) is 4.79 Å². The van der Waals surface area contributed by atoms with Gasteiger partial charge in [0.05, 0.1) is 0 Å². The molecule has 80 valence electrons. The Hall–Kier alpha value is -1.29. The van der Waals surface area contributed by atoms with Crippen LogP contribution in [0.3, 0.4) is 0 Å². The number of carbonyl (C=O) groups excluding carboxylic acids is 1. The summed E-state index contributed by atoms with van der Waals surface area (Å²) in [6.45, 7) is 3.85. The predicted octanol–water partition coefficient (Wildman–Crippen LogP) is 1.20. The van der Waals surface area contributed by atoms with Gasteiger partial charge in [0.25, 0.3) is 0 Å². The quantitative estimate of drug-likeness (QED) is 0.728. The highest BCUT2D eigenvalue weighted by molar-refractivity contribution is 5.79. The second-order valence-electron chi connectivity index (χ2n) is 3.92. The van der Waals surface area contributed by atoms with Crippen LogP contribution < -0.4 is 0 Å². The van der Waals surface area contributed by atoms with Crippen molar-refractivity contribution in [3.63, 3.8) is 0 Å². The number of ketones is 1. The average Bonchev–Trinajstić information content (AvgIpc) is 2.30. The number of aromatic nitrogens is 2. The normalized spacial score (nSPS) is 20.2.